The molecule has 0 bridgehead atoms. The fourth-order valence-corrected chi connectivity index (χ4v) is 6.53. The Kier molecular flexibility index (Phi) is 7.88. The van der Waals surface area contributed by atoms with Crippen LogP contribution in [0.15, 0.2) is 0 Å². The lowest BCUT2D eigenvalue weighted by Crippen LogP contribution is -2.43. The van der Waals surface area contributed by atoms with Crippen LogP contribution in [0.3, 0.4) is 0 Å². The smallest absolute Gasteiger partial charge is 0.306 e. The number of ether oxygens (including phenoxy) is 1. The fraction of sp³-hybridized carbons (Fsp3) is 0.958. The number of hydrogen-bond acceptors (Lipinski definition) is 2. The second kappa shape index (κ2) is 10.1. The second-order valence-corrected chi connectivity index (χ2v) is 9.63. The maximum Gasteiger partial charge on any atom is 0.306 e. The van der Waals surface area contributed by atoms with Crippen LogP contribution in [-0.4, -0.2) is 12.1 Å². The summed E-state index contributed by atoms with van der Waals surface area (Å²) >= 11 is 0. The highest BCUT2D eigenvalue weighted by atomic mass is 16.5. The van der Waals surface area contributed by atoms with Crippen molar-refractivity contribution in [2.75, 3.05) is 0 Å². The molecule has 0 amide bonds. The molecule has 3 fully saturated rings. The van der Waals surface area contributed by atoms with Crippen LogP contribution in [-0.2, 0) is 9.53 Å². The largest absolute Gasteiger partial charge is 0.462 e. The van der Waals surface area contributed by atoms with Gasteiger partial charge in [0.2, 0.25) is 0 Å². The van der Waals surface area contributed by atoms with Gasteiger partial charge in [-0.1, -0.05) is 52.4 Å². The minimum atomic E-state index is 0.0354. The third-order valence-corrected chi connectivity index (χ3v) is 7.82. The van der Waals surface area contributed by atoms with Gasteiger partial charge in [-0.2, -0.15) is 0 Å². The molecular weight excluding hydrogens is 320 g/mol. The Morgan fingerprint density at radius 2 is 1.54 bits per heavy atom. The van der Waals surface area contributed by atoms with Crippen molar-refractivity contribution >= 4 is 5.97 Å². The van der Waals surface area contributed by atoms with Crippen molar-refractivity contribution in [1.82, 2.24) is 0 Å². The van der Waals surface area contributed by atoms with Gasteiger partial charge in [-0.3, -0.25) is 4.79 Å². The molecule has 150 valence electrons. The first-order chi connectivity index (χ1) is 12.7. The van der Waals surface area contributed by atoms with E-state index in [1.54, 1.807) is 0 Å². The third-order valence-electron chi connectivity index (χ3n) is 7.82. The van der Waals surface area contributed by atoms with E-state index in [9.17, 15) is 4.79 Å². The van der Waals surface area contributed by atoms with E-state index in [1.807, 2.05) is 0 Å². The Labute approximate surface area is 161 Å². The first kappa shape index (κ1) is 20.2. The second-order valence-electron chi connectivity index (χ2n) is 9.63. The molecule has 0 aromatic carbocycles. The minimum absolute atomic E-state index is 0.0354. The van der Waals surface area contributed by atoms with Gasteiger partial charge in [0.05, 0.1) is 0 Å². The SMILES string of the molecule is CCCCCCC1CCC2C(CCC3CC(OC(=O)CCC)CCC32)C1. The molecule has 26 heavy (non-hydrogen) atoms. The van der Waals surface area contributed by atoms with Crippen molar-refractivity contribution in [1.29, 1.82) is 0 Å². The number of carbonyl (C=O) groups excluding carboxylic acids is 1. The fourth-order valence-electron chi connectivity index (χ4n) is 6.53. The molecular formula is C24H42O2. The normalized spacial score (nSPS) is 36.8. The summed E-state index contributed by atoms with van der Waals surface area (Å²) in [5, 5.41) is 0. The molecule has 2 nitrogen and oxygen atoms in total. The molecule has 0 aromatic heterocycles. The standard InChI is InChI=1S/C24H42O2/c1-3-5-6-7-9-18-10-14-22-19(16-18)11-12-20-17-21(13-15-23(20)22)26-24(25)8-4-2/h18-23H,3-17H2,1-2H3. The molecule has 6 unspecified atom stereocenters. The lowest BCUT2D eigenvalue weighted by molar-refractivity contribution is -0.153. The monoisotopic (exact) mass is 362 g/mol. The molecule has 3 aliphatic rings. The molecule has 0 aliphatic heterocycles. The van der Waals surface area contributed by atoms with Crippen LogP contribution < -0.4 is 0 Å². The van der Waals surface area contributed by atoms with E-state index in [0.29, 0.717) is 6.42 Å². The summed E-state index contributed by atoms with van der Waals surface area (Å²) in [4.78, 5) is 11.8. The Morgan fingerprint density at radius 3 is 2.27 bits per heavy atom. The van der Waals surface area contributed by atoms with E-state index >= 15 is 0 Å². The Hall–Kier alpha value is -0.530. The van der Waals surface area contributed by atoms with Gasteiger partial charge in [0, 0.05) is 6.42 Å². The number of hydrogen-bond donors (Lipinski definition) is 0. The number of fused-ring (bicyclic) bond motifs is 3. The molecule has 0 saturated heterocycles. The van der Waals surface area contributed by atoms with Crippen LogP contribution in [0.4, 0.5) is 0 Å². The van der Waals surface area contributed by atoms with E-state index in [1.165, 1.54) is 70.6 Å². The highest BCUT2D eigenvalue weighted by Crippen LogP contribution is 2.53. The quantitative estimate of drug-likeness (QED) is 0.346. The number of unbranched alkanes of at least 4 members (excludes halogenated alkanes) is 3. The summed E-state index contributed by atoms with van der Waals surface area (Å²) in [6.45, 7) is 4.36. The summed E-state index contributed by atoms with van der Waals surface area (Å²) in [6.07, 6.45) is 19.9. The predicted octanol–water partition coefficient (Wildman–Crippen LogP) is 6.91. The molecule has 2 heteroatoms. The Morgan fingerprint density at radius 1 is 0.808 bits per heavy atom. The van der Waals surface area contributed by atoms with Gasteiger partial charge in [-0.05, 0) is 81.0 Å². The van der Waals surface area contributed by atoms with Gasteiger partial charge in [-0.15, -0.1) is 0 Å². The summed E-state index contributed by atoms with van der Waals surface area (Å²) in [5.41, 5.74) is 0. The van der Waals surface area contributed by atoms with Crippen molar-refractivity contribution in [2.45, 2.75) is 116 Å². The average Bonchev–Trinajstić information content (AvgIpc) is 2.65. The highest BCUT2D eigenvalue weighted by Gasteiger charge is 2.44. The predicted molar refractivity (Wildman–Crippen MR) is 108 cm³/mol. The molecule has 0 spiro atoms. The van der Waals surface area contributed by atoms with E-state index in [2.05, 4.69) is 13.8 Å². The van der Waals surface area contributed by atoms with Gasteiger partial charge < -0.3 is 4.74 Å². The van der Waals surface area contributed by atoms with E-state index in [-0.39, 0.29) is 12.1 Å². The Balaban J connectivity index is 1.44. The molecule has 0 N–H and O–H groups in total. The highest BCUT2D eigenvalue weighted by molar-refractivity contribution is 5.69. The van der Waals surface area contributed by atoms with Crippen LogP contribution in [0.2, 0.25) is 0 Å². The molecule has 0 radical (unpaired) electrons. The van der Waals surface area contributed by atoms with Gasteiger partial charge in [0.25, 0.3) is 0 Å². The molecule has 3 saturated carbocycles. The van der Waals surface area contributed by atoms with Crippen molar-refractivity contribution in [3.8, 4) is 0 Å². The summed E-state index contributed by atoms with van der Waals surface area (Å²) < 4.78 is 5.76. The van der Waals surface area contributed by atoms with Gasteiger partial charge >= 0.3 is 5.97 Å². The third kappa shape index (κ3) is 5.26. The van der Waals surface area contributed by atoms with Gasteiger partial charge in [0.1, 0.15) is 6.10 Å². The van der Waals surface area contributed by atoms with Crippen LogP contribution >= 0.6 is 0 Å². The van der Waals surface area contributed by atoms with E-state index in [0.717, 1.165) is 48.9 Å². The summed E-state index contributed by atoms with van der Waals surface area (Å²) in [7, 11) is 0. The van der Waals surface area contributed by atoms with Crippen molar-refractivity contribution in [3.05, 3.63) is 0 Å². The van der Waals surface area contributed by atoms with Crippen molar-refractivity contribution < 1.29 is 9.53 Å². The van der Waals surface area contributed by atoms with Crippen LogP contribution in [0.1, 0.15) is 110 Å². The molecule has 3 rings (SSSR count). The topological polar surface area (TPSA) is 26.3 Å². The van der Waals surface area contributed by atoms with Crippen LogP contribution in [0.25, 0.3) is 0 Å². The lowest BCUT2D eigenvalue weighted by Gasteiger charge is -2.50. The lowest BCUT2D eigenvalue weighted by atomic mass is 9.56. The molecule has 0 aromatic rings. The zero-order chi connectivity index (χ0) is 18.4. The van der Waals surface area contributed by atoms with Gasteiger partial charge in [0.15, 0.2) is 0 Å². The molecule has 6 atom stereocenters. The zero-order valence-corrected chi connectivity index (χ0v) is 17.4. The maximum absolute atomic E-state index is 11.8. The minimum Gasteiger partial charge on any atom is -0.462 e. The zero-order valence-electron chi connectivity index (χ0n) is 17.4. The molecule has 0 heterocycles. The van der Waals surface area contributed by atoms with Crippen molar-refractivity contribution in [3.63, 3.8) is 0 Å². The summed E-state index contributed by atoms with van der Waals surface area (Å²) in [5.74, 6) is 4.85. The van der Waals surface area contributed by atoms with Crippen LogP contribution in [0, 0.1) is 29.6 Å². The van der Waals surface area contributed by atoms with E-state index < -0.39 is 0 Å². The number of esters is 1. The van der Waals surface area contributed by atoms with Crippen LogP contribution in [0.5, 0.6) is 0 Å². The van der Waals surface area contributed by atoms with E-state index in [4.69, 9.17) is 4.74 Å². The number of rotatable bonds is 8. The van der Waals surface area contributed by atoms with Gasteiger partial charge in [-0.25, -0.2) is 0 Å². The summed E-state index contributed by atoms with van der Waals surface area (Å²) in [6, 6.07) is 0. The number of carbonyl (C=O) groups is 1. The Bertz CT molecular complexity index is 432. The average molecular weight is 363 g/mol. The maximum atomic E-state index is 11.8. The van der Waals surface area contributed by atoms with Crippen molar-refractivity contribution in [2.24, 2.45) is 29.6 Å². The molecule has 3 aliphatic carbocycles. The first-order valence-electron chi connectivity index (χ1n) is 11.9. The first-order valence-corrected chi connectivity index (χ1v) is 11.9.